The van der Waals surface area contributed by atoms with E-state index in [1.54, 1.807) is 4.90 Å². The van der Waals surface area contributed by atoms with Gasteiger partial charge in [0.25, 0.3) is 0 Å². The van der Waals surface area contributed by atoms with Crippen molar-refractivity contribution >= 4 is 11.9 Å². The van der Waals surface area contributed by atoms with Gasteiger partial charge >= 0.3 is 5.97 Å². The molecule has 1 rings (SSSR count). The molecule has 4 heteroatoms. The Bertz CT molecular complexity index is 393. The Labute approximate surface area is 122 Å². The molecular formula is C16H27NO3. The molecule has 0 spiro atoms. The summed E-state index contributed by atoms with van der Waals surface area (Å²) in [6, 6.07) is -0.423. The number of carbonyl (C=O) groups excluding carboxylic acids is 2. The van der Waals surface area contributed by atoms with Crippen molar-refractivity contribution in [3.8, 4) is 0 Å². The van der Waals surface area contributed by atoms with Crippen molar-refractivity contribution in [3.63, 3.8) is 0 Å². The second-order valence-corrected chi connectivity index (χ2v) is 6.26. The minimum atomic E-state index is -0.463. The van der Waals surface area contributed by atoms with Crippen LogP contribution in [0.25, 0.3) is 0 Å². The van der Waals surface area contributed by atoms with Crippen molar-refractivity contribution < 1.29 is 14.3 Å². The fourth-order valence-electron chi connectivity index (χ4n) is 2.37. The largest absolute Gasteiger partial charge is 0.430 e. The molecule has 1 aliphatic rings. The van der Waals surface area contributed by atoms with E-state index in [0.717, 1.165) is 12.8 Å². The van der Waals surface area contributed by atoms with Gasteiger partial charge in [-0.3, -0.25) is 4.79 Å². The molecule has 1 aliphatic heterocycles. The topological polar surface area (TPSA) is 46.6 Å². The lowest BCUT2D eigenvalue weighted by molar-refractivity contribution is -0.153. The molecule has 0 bridgehead atoms. The highest BCUT2D eigenvalue weighted by atomic mass is 16.5. The quantitative estimate of drug-likeness (QED) is 0.587. The van der Waals surface area contributed by atoms with Crippen LogP contribution in [-0.4, -0.2) is 29.4 Å². The van der Waals surface area contributed by atoms with Gasteiger partial charge in [-0.25, -0.2) is 4.79 Å². The normalized spacial score (nSPS) is 20.1. The lowest BCUT2D eigenvalue weighted by atomic mass is 9.94. The summed E-state index contributed by atoms with van der Waals surface area (Å²) in [6.07, 6.45) is 5.01. The summed E-state index contributed by atoms with van der Waals surface area (Å²) in [5, 5.41) is 0. The zero-order chi connectivity index (χ0) is 15.3. The van der Waals surface area contributed by atoms with E-state index in [-0.39, 0.29) is 11.9 Å². The Hall–Kier alpha value is -1.32. The Morgan fingerprint density at radius 1 is 1.30 bits per heavy atom. The molecule has 0 N–H and O–H groups in total. The van der Waals surface area contributed by atoms with Crippen LogP contribution in [0.3, 0.4) is 0 Å². The number of ether oxygens (including phenoxy) is 1. The van der Waals surface area contributed by atoms with Crippen LogP contribution in [-0.2, 0) is 14.3 Å². The van der Waals surface area contributed by atoms with E-state index in [2.05, 4.69) is 0 Å². The summed E-state index contributed by atoms with van der Waals surface area (Å²) < 4.78 is 5.45. The number of nitrogens with zero attached hydrogens (tertiary/aromatic N) is 1. The molecule has 0 unspecified atom stereocenters. The van der Waals surface area contributed by atoms with E-state index in [1.807, 2.05) is 40.7 Å². The Kier molecular flexibility index (Phi) is 5.78. The molecule has 114 valence electrons. The molecule has 0 radical (unpaired) electrons. The molecule has 4 nitrogen and oxygen atoms in total. The molecule has 1 fully saturated rings. The third-order valence-corrected chi connectivity index (χ3v) is 3.44. The van der Waals surface area contributed by atoms with Gasteiger partial charge < -0.3 is 9.64 Å². The molecule has 1 atom stereocenters. The summed E-state index contributed by atoms with van der Waals surface area (Å²) in [7, 11) is 0. The van der Waals surface area contributed by atoms with Crippen LogP contribution in [0.1, 0.15) is 60.3 Å². The fourth-order valence-corrected chi connectivity index (χ4v) is 2.37. The number of rotatable bonds is 4. The molecule has 0 aromatic heterocycles. The molecule has 1 saturated heterocycles. The Morgan fingerprint density at radius 2 is 1.95 bits per heavy atom. The minimum absolute atomic E-state index is 0.0227. The van der Waals surface area contributed by atoms with Gasteiger partial charge in [-0.1, -0.05) is 34.6 Å². The van der Waals surface area contributed by atoms with Gasteiger partial charge in [0.05, 0.1) is 0 Å². The third kappa shape index (κ3) is 4.09. The second-order valence-electron chi connectivity index (χ2n) is 6.26. The number of likely N-dealkylation sites (tertiary alicyclic amines) is 1. The van der Waals surface area contributed by atoms with E-state index < -0.39 is 11.5 Å². The number of carbonyl (C=O) groups is 2. The maximum absolute atomic E-state index is 12.4. The van der Waals surface area contributed by atoms with E-state index in [1.165, 1.54) is 0 Å². The van der Waals surface area contributed by atoms with Crippen molar-refractivity contribution in [2.24, 2.45) is 5.41 Å². The molecule has 1 heterocycles. The molecule has 0 aliphatic carbocycles. The Morgan fingerprint density at radius 3 is 2.45 bits per heavy atom. The van der Waals surface area contributed by atoms with Gasteiger partial charge in [-0.2, -0.15) is 0 Å². The second kappa shape index (κ2) is 6.91. The van der Waals surface area contributed by atoms with Gasteiger partial charge in [0.15, 0.2) is 0 Å². The lowest BCUT2D eigenvalue weighted by Gasteiger charge is -2.29. The van der Waals surface area contributed by atoms with Crippen molar-refractivity contribution in [2.75, 3.05) is 6.54 Å². The van der Waals surface area contributed by atoms with E-state index >= 15 is 0 Å². The zero-order valence-corrected chi connectivity index (χ0v) is 13.4. The number of amides is 1. The highest BCUT2D eigenvalue weighted by Crippen LogP contribution is 2.26. The number of allylic oxidation sites excluding steroid dienone is 2. The molecule has 0 saturated carbocycles. The summed E-state index contributed by atoms with van der Waals surface area (Å²) in [4.78, 5) is 26.3. The average Bonchev–Trinajstić information content (AvgIpc) is 2.85. The van der Waals surface area contributed by atoms with Crippen molar-refractivity contribution in [2.45, 2.75) is 66.3 Å². The highest BCUT2D eigenvalue weighted by Gasteiger charge is 2.39. The summed E-state index contributed by atoms with van der Waals surface area (Å²) in [6.45, 7) is 10.3. The molecule has 0 aromatic rings. The van der Waals surface area contributed by atoms with E-state index in [0.29, 0.717) is 25.1 Å². The maximum atomic E-state index is 12.4. The first-order valence-electron chi connectivity index (χ1n) is 7.53. The minimum Gasteiger partial charge on any atom is -0.430 e. The molecule has 1 amide bonds. The SMILES string of the molecule is CC/C=C(/CC)OC(=O)[C@@H]1CCCN1C(=O)C(C)(C)C. The summed E-state index contributed by atoms with van der Waals surface area (Å²) in [5.41, 5.74) is -0.463. The first-order valence-corrected chi connectivity index (χ1v) is 7.53. The van der Waals surface area contributed by atoms with Crippen molar-refractivity contribution in [3.05, 3.63) is 11.8 Å². The number of hydrogen-bond donors (Lipinski definition) is 0. The van der Waals surface area contributed by atoms with Crippen LogP contribution in [0.15, 0.2) is 11.8 Å². The van der Waals surface area contributed by atoms with Gasteiger partial charge in [0.2, 0.25) is 5.91 Å². The first kappa shape index (κ1) is 16.7. The monoisotopic (exact) mass is 281 g/mol. The van der Waals surface area contributed by atoms with Crippen LogP contribution in [0.4, 0.5) is 0 Å². The predicted molar refractivity (Wildman–Crippen MR) is 78.9 cm³/mol. The van der Waals surface area contributed by atoms with Crippen LogP contribution in [0.5, 0.6) is 0 Å². The molecule has 0 aromatic carbocycles. The highest BCUT2D eigenvalue weighted by molar-refractivity contribution is 5.88. The van der Waals surface area contributed by atoms with Crippen molar-refractivity contribution in [1.29, 1.82) is 0 Å². The third-order valence-electron chi connectivity index (χ3n) is 3.44. The summed E-state index contributed by atoms with van der Waals surface area (Å²) >= 11 is 0. The molecule has 20 heavy (non-hydrogen) atoms. The van der Waals surface area contributed by atoms with Crippen LogP contribution in [0, 0.1) is 5.41 Å². The van der Waals surface area contributed by atoms with Gasteiger partial charge in [-0.15, -0.1) is 0 Å². The van der Waals surface area contributed by atoms with Crippen LogP contribution < -0.4 is 0 Å². The van der Waals surface area contributed by atoms with Crippen molar-refractivity contribution in [1.82, 2.24) is 4.90 Å². The number of esters is 1. The smallest absolute Gasteiger partial charge is 0.333 e. The average molecular weight is 281 g/mol. The van der Waals surface area contributed by atoms with E-state index in [4.69, 9.17) is 4.74 Å². The van der Waals surface area contributed by atoms with E-state index in [9.17, 15) is 9.59 Å². The van der Waals surface area contributed by atoms with Gasteiger partial charge in [0.1, 0.15) is 11.8 Å². The number of hydrogen-bond acceptors (Lipinski definition) is 3. The zero-order valence-electron chi connectivity index (χ0n) is 13.4. The van der Waals surface area contributed by atoms with Crippen LogP contribution in [0.2, 0.25) is 0 Å². The van der Waals surface area contributed by atoms with Gasteiger partial charge in [0, 0.05) is 18.4 Å². The van der Waals surface area contributed by atoms with Crippen LogP contribution >= 0.6 is 0 Å². The summed E-state index contributed by atoms with van der Waals surface area (Å²) in [5.74, 6) is 0.434. The molecular weight excluding hydrogens is 254 g/mol. The lowest BCUT2D eigenvalue weighted by Crippen LogP contribution is -2.46. The predicted octanol–water partition coefficient (Wildman–Crippen LogP) is 3.27. The standard InChI is InChI=1S/C16H27NO3/c1-6-9-12(7-2)20-14(18)13-10-8-11-17(13)15(19)16(3,4)5/h9,13H,6-8,10-11H2,1-5H3/b12-9-/t13-/m0/s1. The maximum Gasteiger partial charge on any atom is 0.333 e. The first-order chi connectivity index (χ1) is 9.31. The Balaban J connectivity index is 2.77. The van der Waals surface area contributed by atoms with Gasteiger partial charge in [-0.05, 0) is 25.3 Å². The fraction of sp³-hybridized carbons (Fsp3) is 0.750.